The summed E-state index contributed by atoms with van der Waals surface area (Å²) in [5, 5.41) is 9.45. The van der Waals surface area contributed by atoms with Gasteiger partial charge in [-0.2, -0.15) is 0 Å². The van der Waals surface area contributed by atoms with Gasteiger partial charge in [0.15, 0.2) is 0 Å². The second-order valence-electron chi connectivity index (χ2n) is 5.86. The summed E-state index contributed by atoms with van der Waals surface area (Å²) >= 11 is 0. The van der Waals surface area contributed by atoms with E-state index in [2.05, 4.69) is 9.98 Å². The van der Waals surface area contributed by atoms with Crippen LogP contribution >= 0.6 is 0 Å². The molecule has 0 fully saturated rings. The Morgan fingerprint density at radius 1 is 1.21 bits per heavy atom. The molecule has 0 amide bonds. The molecule has 2 aromatic carbocycles. The fraction of sp³-hybridized carbons (Fsp3) is 0.150. The Morgan fingerprint density at radius 3 is 2.43 bits per heavy atom. The number of nitrogens with two attached hydrogens (primary N) is 1. The Labute approximate surface area is 161 Å². The number of nitrogens with zero attached hydrogens (tertiary/aromatic N) is 3. The molecule has 0 radical (unpaired) electrons. The van der Waals surface area contributed by atoms with Crippen LogP contribution in [0.25, 0.3) is 22.3 Å². The molecule has 144 valence electrons. The van der Waals surface area contributed by atoms with Crippen LogP contribution < -0.4 is 15.2 Å². The minimum Gasteiger partial charge on any atom is -0.496 e. The summed E-state index contributed by atoms with van der Waals surface area (Å²) in [6.45, 7) is 0. The number of ether oxygens (including phenoxy) is 2. The minimum absolute atomic E-state index is 0.0305. The molecular formula is C20H20N4O4. The van der Waals surface area contributed by atoms with E-state index in [1.807, 2.05) is 22.8 Å². The number of imidazole rings is 1. The smallest absolute Gasteiger partial charge is 0.343 e. The number of fused-ring (bicyclic) bond motifs is 1. The highest BCUT2D eigenvalue weighted by atomic mass is 16.5. The molecule has 28 heavy (non-hydrogen) atoms. The Kier molecular flexibility index (Phi) is 5.30. The number of hydrogen-bond acceptors (Lipinski definition) is 6. The number of carboxylic acids is 1. The maximum atomic E-state index is 11.5. The Hall–Kier alpha value is -3.81. The number of aliphatic imine (C=N–C) groups is 1. The Balaban J connectivity index is 2.16. The summed E-state index contributed by atoms with van der Waals surface area (Å²) in [6.07, 6.45) is 4.83. The maximum Gasteiger partial charge on any atom is 0.343 e. The number of aromatic carboxylic acids is 1. The molecule has 0 atom stereocenters. The van der Waals surface area contributed by atoms with Crippen molar-refractivity contribution in [3.05, 3.63) is 54.0 Å². The molecule has 3 N–H and O–H groups in total. The Morgan fingerprint density at radius 2 is 1.89 bits per heavy atom. The zero-order valence-corrected chi connectivity index (χ0v) is 15.7. The molecular weight excluding hydrogens is 360 g/mol. The highest BCUT2D eigenvalue weighted by molar-refractivity contribution is 6.10. The molecule has 0 unspecified atom stereocenters. The van der Waals surface area contributed by atoms with Gasteiger partial charge in [0.1, 0.15) is 23.4 Å². The second kappa shape index (κ2) is 7.83. The van der Waals surface area contributed by atoms with Gasteiger partial charge in [0, 0.05) is 37.2 Å². The standard InChI is InChI=1S/C20H20N4O4/c1-22-10-13(9-21)12-4-5-16-15(6-12)23-11-24(16)14-7-17(27-2)19(20(25)26)18(8-14)28-3/h4-11H,21H2,1-3H3,(H,25,26)/b13-9+,22-10?. The summed E-state index contributed by atoms with van der Waals surface area (Å²) in [5.41, 5.74) is 9.58. The summed E-state index contributed by atoms with van der Waals surface area (Å²) in [6, 6.07) is 9.01. The monoisotopic (exact) mass is 380 g/mol. The van der Waals surface area contributed by atoms with E-state index in [1.54, 1.807) is 31.7 Å². The van der Waals surface area contributed by atoms with E-state index in [1.165, 1.54) is 20.4 Å². The third kappa shape index (κ3) is 3.27. The van der Waals surface area contributed by atoms with Crippen LogP contribution in [0.15, 0.2) is 47.9 Å². The van der Waals surface area contributed by atoms with E-state index >= 15 is 0 Å². The van der Waals surface area contributed by atoms with Crippen molar-refractivity contribution in [2.24, 2.45) is 10.7 Å². The number of carbonyl (C=O) groups is 1. The molecule has 0 aliphatic carbocycles. The van der Waals surface area contributed by atoms with Gasteiger partial charge in [-0.05, 0) is 17.7 Å². The average molecular weight is 380 g/mol. The third-order valence-electron chi connectivity index (χ3n) is 4.31. The van der Waals surface area contributed by atoms with E-state index in [0.717, 1.165) is 22.2 Å². The largest absolute Gasteiger partial charge is 0.496 e. The van der Waals surface area contributed by atoms with Crippen LogP contribution in [0.4, 0.5) is 0 Å². The van der Waals surface area contributed by atoms with Crippen LogP contribution in [-0.4, -0.2) is 48.1 Å². The lowest BCUT2D eigenvalue weighted by Gasteiger charge is -2.13. The normalized spacial score (nSPS) is 11.9. The quantitative estimate of drug-likeness (QED) is 0.636. The van der Waals surface area contributed by atoms with Gasteiger partial charge in [-0.25, -0.2) is 9.78 Å². The third-order valence-corrected chi connectivity index (χ3v) is 4.31. The first-order chi connectivity index (χ1) is 13.5. The number of methoxy groups -OCH3 is 2. The predicted octanol–water partition coefficient (Wildman–Crippen LogP) is 2.74. The molecule has 3 aromatic rings. The highest BCUT2D eigenvalue weighted by Crippen LogP contribution is 2.33. The summed E-state index contributed by atoms with van der Waals surface area (Å²) in [4.78, 5) is 20.0. The van der Waals surface area contributed by atoms with Crippen molar-refractivity contribution >= 4 is 28.8 Å². The van der Waals surface area contributed by atoms with Crippen molar-refractivity contribution in [3.63, 3.8) is 0 Å². The zero-order chi connectivity index (χ0) is 20.3. The molecule has 3 rings (SSSR count). The van der Waals surface area contributed by atoms with Crippen molar-refractivity contribution in [1.82, 2.24) is 9.55 Å². The summed E-state index contributed by atoms with van der Waals surface area (Å²) < 4.78 is 12.4. The first-order valence-corrected chi connectivity index (χ1v) is 8.35. The predicted molar refractivity (Wildman–Crippen MR) is 108 cm³/mol. The first kappa shape index (κ1) is 19.0. The molecule has 1 heterocycles. The average Bonchev–Trinajstić information content (AvgIpc) is 3.13. The lowest BCUT2D eigenvalue weighted by molar-refractivity contribution is 0.0689. The first-order valence-electron chi connectivity index (χ1n) is 8.35. The van der Waals surface area contributed by atoms with Crippen LogP contribution in [0.1, 0.15) is 15.9 Å². The van der Waals surface area contributed by atoms with Gasteiger partial charge in [0.05, 0.1) is 30.9 Å². The van der Waals surface area contributed by atoms with Gasteiger partial charge in [-0.15, -0.1) is 0 Å². The van der Waals surface area contributed by atoms with E-state index in [-0.39, 0.29) is 17.1 Å². The van der Waals surface area contributed by atoms with Crippen LogP contribution in [0.5, 0.6) is 11.5 Å². The van der Waals surface area contributed by atoms with Crippen LogP contribution in [0, 0.1) is 0 Å². The number of allylic oxidation sites excluding steroid dienone is 1. The highest BCUT2D eigenvalue weighted by Gasteiger charge is 2.20. The van der Waals surface area contributed by atoms with Crippen molar-refractivity contribution in [2.45, 2.75) is 0 Å². The molecule has 0 bridgehead atoms. The molecule has 0 spiro atoms. The van der Waals surface area contributed by atoms with Gasteiger partial charge in [0.2, 0.25) is 0 Å². The van der Waals surface area contributed by atoms with Gasteiger partial charge < -0.3 is 20.3 Å². The molecule has 8 heteroatoms. The number of aromatic nitrogens is 2. The maximum absolute atomic E-state index is 11.5. The molecule has 0 aliphatic rings. The van der Waals surface area contributed by atoms with E-state index in [4.69, 9.17) is 15.2 Å². The lowest BCUT2D eigenvalue weighted by atomic mass is 10.1. The van der Waals surface area contributed by atoms with E-state index in [0.29, 0.717) is 5.69 Å². The topological polar surface area (TPSA) is 112 Å². The van der Waals surface area contributed by atoms with Crippen molar-refractivity contribution in [3.8, 4) is 17.2 Å². The minimum atomic E-state index is -1.13. The Bertz CT molecular complexity index is 1070. The molecule has 8 nitrogen and oxygen atoms in total. The van der Waals surface area contributed by atoms with Gasteiger partial charge >= 0.3 is 5.97 Å². The molecule has 0 saturated heterocycles. The van der Waals surface area contributed by atoms with Crippen LogP contribution in [0.2, 0.25) is 0 Å². The number of benzene rings is 2. The SMILES string of the molecule is CN=C/C(=C\N)c1ccc2c(c1)ncn2-c1cc(OC)c(C(=O)O)c(OC)c1. The molecule has 0 saturated carbocycles. The summed E-state index contributed by atoms with van der Waals surface area (Å²) in [7, 11) is 4.51. The molecule has 1 aromatic heterocycles. The fourth-order valence-corrected chi connectivity index (χ4v) is 3.00. The fourth-order valence-electron chi connectivity index (χ4n) is 3.00. The molecule has 0 aliphatic heterocycles. The lowest BCUT2D eigenvalue weighted by Crippen LogP contribution is -2.05. The summed E-state index contributed by atoms with van der Waals surface area (Å²) in [5.74, 6) is -0.722. The van der Waals surface area contributed by atoms with Gasteiger partial charge in [0.25, 0.3) is 0 Å². The zero-order valence-electron chi connectivity index (χ0n) is 15.7. The number of hydrogen-bond donors (Lipinski definition) is 2. The van der Waals surface area contributed by atoms with Crippen LogP contribution in [0.3, 0.4) is 0 Å². The second-order valence-corrected chi connectivity index (χ2v) is 5.86. The van der Waals surface area contributed by atoms with Gasteiger partial charge in [-0.1, -0.05) is 6.07 Å². The number of rotatable bonds is 6. The van der Waals surface area contributed by atoms with E-state index < -0.39 is 5.97 Å². The van der Waals surface area contributed by atoms with Crippen molar-refractivity contribution in [2.75, 3.05) is 21.3 Å². The van der Waals surface area contributed by atoms with Crippen molar-refractivity contribution < 1.29 is 19.4 Å². The van der Waals surface area contributed by atoms with E-state index in [9.17, 15) is 9.90 Å². The van der Waals surface area contributed by atoms with Crippen LogP contribution in [-0.2, 0) is 0 Å². The number of carboxylic acid groups (broad SMARTS) is 1. The van der Waals surface area contributed by atoms with Gasteiger partial charge in [-0.3, -0.25) is 9.56 Å². The van der Waals surface area contributed by atoms with Crippen molar-refractivity contribution in [1.29, 1.82) is 0 Å².